The lowest BCUT2D eigenvalue weighted by Crippen LogP contribution is -2.24. The number of hydrogen-bond donors (Lipinski definition) is 0. The molecule has 1 atom stereocenters. The molecule has 2 aromatic rings. The highest BCUT2D eigenvalue weighted by Crippen LogP contribution is 2.15. The topological polar surface area (TPSA) is 62.1 Å². The van der Waals surface area contributed by atoms with Crippen molar-refractivity contribution in [3.63, 3.8) is 0 Å². The molecule has 0 spiro atoms. The van der Waals surface area contributed by atoms with Gasteiger partial charge in [-0.25, -0.2) is 4.39 Å². The number of rotatable bonds is 5. The molecular weight excluding hydrogens is 275 g/mol. The number of aromatic nitrogens is 4. The van der Waals surface area contributed by atoms with Crippen molar-refractivity contribution in [3.05, 3.63) is 30.1 Å². The Hall–Kier alpha value is -1.86. The molecule has 0 bridgehead atoms. The van der Waals surface area contributed by atoms with Gasteiger partial charge in [0.1, 0.15) is 5.82 Å². The standard InChI is InChI=1S/C14H17FN4O2/c15-12-5-3-4-11(10-12)14-16-18-19(17-14)7-9-21-13-6-1-2-8-20-13/h3-5,10,13H,1-2,6-9H2/t13-/m0/s1. The van der Waals surface area contributed by atoms with E-state index < -0.39 is 0 Å². The van der Waals surface area contributed by atoms with Gasteiger partial charge in [0.2, 0.25) is 5.82 Å². The average molecular weight is 292 g/mol. The van der Waals surface area contributed by atoms with Crippen LogP contribution < -0.4 is 0 Å². The fraction of sp³-hybridized carbons (Fsp3) is 0.500. The largest absolute Gasteiger partial charge is 0.353 e. The summed E-state index contributed by atoms with van der Waals surface area (Å²) in [6.45, 7) is 1.71. The van der Waals surface area contributed by atoms with E-state index in [9.17, 15) is 4.39 Å². The Balaban J connectivity index is 1.53. The van der Waals surface area contributed by atoms with Gasteiger partial charge < -0.3 is 9.47 Å². The quantitative estimate of drug-likeness (QED) is 0.843. The van der Waals surface area contributed by atoms with Crippen LogP contribution in [0.4, 0.5) is 4.39 Å². The van der Waals surface area contributed by atoms with E-state index in [-0.39, 0.29) is 12.1 Å². The van der Waals surface area contributed by atoms with E-state index in [1.807, 2.05) is 0 Å². The normalized spacial score (nSPS) is 18.8. The van der Waals surface area contributed by atoms with Crippen molar-refractivity contribution in [1.82, 2.24) is 20.2 Å². The molecule has 0 saturated carbocycles. The minimum Gasteiger partial charge on any atom is -0.353 e. The first kappa shape index (κ1) is 14.1. The Labute approximate surface area is 121 Å². The Morgan fingerprint density at radius 2 is 2.33 bits per heavy atom. The Morgan fingerprint density at radius 1 is 1.38 bits per heavy atom. The molecule has 1 saturated heterocycles. The van der Waals surface area contributed by atoms with Crippen molar-refractivity contribution in [2.45, 2.75) is 32.1 Å². The van der Waals surface area contributed by atoms with Gasteiger partial charge in [-0.3, -0.25) is 0 Å². The summed E-state index contributed by atoms with van der Waals surface area (Å²) in [5.74, 6) is 0.0880. The highest BCUT2D eigenvalue weighted by molar-refractivity contribution is 5.53. The first-order valence-corrected chi connectivity index (χ1v) is 7.08. The van der Waals surface area contributed by atoms with Crippen molar-refractivity contribution in [3.8, 4) is 11.4 Å². The molecule has 0 radical (unpaired) electrons. The number of ether oxygens (including phenoxy) is 2. The maximum atomic E-state index is 13.2. The lowest BCUT2D eigenvalue weighted by Gasteiger charge is -2.22. The van der Waals surface area contributed by atoms with Crippen molar-refractivity contribution < 1.29 is 13.9 Å². The Bertz CT molecular complexity index is 584. The zero-order valence-electron chi connectivity index (χ0n) is 11.6. The SMILES string of the molecule is Fc1cccc(-c2nnn(CCO[C@H]3CCCCO3)n2)c1. The first-order chi connectivity index (χ1) is 10.3. The van der Waals surface area contributed by atoms with Gasteiger partial charge in [-0.2, -0.15) is 4.80 Å². The van der Waals surface area contributed by atoms with Crippen LogP contribution in [0.1, 0.15) is 19.3 Å². The molecule has 7 heteroatoms. The summed E-state index contributed by atoms with van der Waals surface area (Å²) in [6.07, 6.45) is 3.04. The minimum absolute atomic E-state index is 0.120. The highest BCUT2D eigenvalue weighted by atomic mass is 19.1. The van der Waals surface area contributed by atoms with Crippen LogP contribution in [-0.4, -0.2) is 39.7 Å². The van der Waals surface area contributed by atoms with Gasteiger partial charge >= 0.3 is 0 Å². The second-order valence-electron chi connectivity index (χ2n) is 4.89. The summed E-state index contributed by atoms with van der Waals surface area (Å²) in [6, 6.07) is 6.13. The third-order valence-electron chi connectivity index (χ3n) is 3.27. The molecule has 112 valence electrons. The van der Waals surface area contributed by atoms with Gasteiger partial charge in [0.05, 0.1) is 13.2 Å². The van der Waals surface area contributed by atoms with E-state index in [2.05, 4.69) is 15.4 Å². The number of hydrogen-bond acceptors (Lipinski definition) is 5. The fourth-order valence-corrected chi connectivity index (χ4v) is 2.19. The monoisotopic (exact) mass is 292 g/mol. The number of nitrogens with zero attached hydrogens (tertiary/aromatic N) is 4. The highest BCUT2D eigenvalue weighted by Gasteiger charge is 2.14. The fourth-order valence-electron chi connectivity index (χ4n) is 2.19. The lowest BCUT2D eigenvalue weighted by molar-refractivity contribution is -0.164. The number of tetrazole rings is 1. The maximum absolute atomic E-state index is 13.2. The van der Waals surface area contributed by atoms with Gasteiger partial charge in [-0.1, -0.05) is 12.1 Å². The predicted molar refractivity (Wildman–Crippen MR) is 72.8 cm³/mol. The summed E-state index contributed by atoms with van der Waals surface area (Å²) in [7, 11) is 0. The average Bonchev–Trinajstić information content (AvgIpc) is 2.97. The first-order valence-electron chi connectivity index (χ1n) is 7.08. The van der Waals surface area contributed by atoms with Crippen LogP contribution >= 0.6 is 0 Å². The molecule has 0 N–H and O–H groups in total. The van der Waals surface area contributed by atoms with Crippen molar-refractivity contribution in [2.24, 2.45) is 0 Å². The van der Waals surface area contributed by atoms with E-state index >= 15 is 0 Å². The molecule has 0 aliphatic carbocycles. The van der Waals surface area contributed by atoms with Gasteiger partial charge in [-0.05, 0) is 36.6 Å². The molecule has 1 aromatic carbocycles. The summed E-state index contributed by atoms with van der Waals surface area (Å²) in [5, 5.41) is 12.1. The molecule has 1 fully saturated rings. The Kier molecular flexibility index (Phi) is 4.52. The molecule has 2 heterocycles. The third-order valence-corrected chi connectivity index (χ3v) is 3.27. The molecule has 1 aliphatic heterocycles. The van der Waals surface area contributed by atoms with Crippen molar-refractivity contribution in [1.29, 1.82) is 0 Å². The van der Waals surface area contributed by atoms with Crippen LogP contribution in [0.2, 0.25) is 0 Å². The van der Waals surface area contributed by atoms with Gasteiger partial charge in [0.25, 0.3) is 0 Å². The molecule has 3 rings (SSSR count). The van der Waals surface area contributed by atoms with Crippen LogP contribution in [0.3, 0.4) is 0 Å². The van der Waals surface area contributed by atoms with Gasteiger partial charge in [0, 0.05) is 12.2 Å². The number of benzene rings is 1. The summed E-state index contributed by atoms with van der Waals surface area (Å²) >= 11 is 0. The lowest BCUT2D eigenvalue weighted by atomic mass is 10.2. The predicted octanol–water partition coefficient (Wildman–Crippen LogP) is 2.02. The molecule has 0 unspecified atom stereocenters. The van der Waals surface area contributed by atoms with Crippen LogP contribution in [-0.2, 0) is 16.0 Å². The molecule has 6 nitrogen and oxygen atoms in total. The zero-order valence-corrected chi connectivity index (χ0v) is 11.6. The van der Waals surface area contributed by atoms with E-state index in [0.29, 0.717) is 24.5 Å². The van der Waals surface area contributed by atoms with Crippen LogP contribution in [0.15, 0.2) is 24.3 Å². The van der Waals surface area contributed by atoms with Crippen LogP contribution in [0, 0.1) is 5.82 Å². The van der Waals surface area contributed by atoms with E-state index in [0.717, 1.165) is 25.9 Å². The third kappa shape index (κ3) is 3.83. The van der Waals surface area contributed by atoms with E-state index in [1.165, 1.54) is 16.9 Å². The maximum Gasteiger partial charge on any atom is 0.205 e. The summed E-state index contributed by atoms with van der Waals surface area (Å²) < 4.78 is 24.2. The van der Waals surface area contributed by atoms with E-state index in [4.69, 9.17) is 9.47 Å². The van der Waals surface area contributed by atoms with E-state index in [1.54, 1.807) is 12.1 Å². The molecular formula is C14H17FN4O2. The molecule has 1 aromatic heterocycles. The zero-order chi connectivity index (χ0) is 14.5. The van der Waals surface area contributed by atoms with Crippen molar-refractivity contribution in [2.75, 3.05) is 13.2 Å². The smallest absolute Gasteiger partial charge is 0.205 e. The minimum atomic E-state index is -0.318. The molecule has 21 heavy (non-hydrogen) atoms. The van der Waals surface area contributed by atoms with Crippen LogP contribution in [0.25, 0.3) is 11.4 Å². The molecule has 1 aliphatic rings. The van der Waals surface area contributed by atoms with Gasteiger partial charge in [-0.15, -0.1) is 10.2 Å². The van der Waals surface area contributed by atoms with Crippen LogP contribution in [0.5, 0.6) is 0 Å². The molecule has 0 amide bonds. The summed E-state index contributed by atoms with van der Waals surface area (Å²) in [4.78, 5) is 1.45. The Morgan fingerprint density at radius 3 is 3.14 bits per heavy atom. The van der Waals surface area contributed by atoms with Crippen molar-refractivity contribution >= 4 is 0 Å². The second kappa shape index (κ2) is 6.73. The number of halogens is 1. The summed E-state index contributed by atoms with van der Waals surface area (Å²) in [5.41, 5.74) is 0.609. The van der Waals surface area contributed by atoms with Gasteiger partial charge in [0.15, 0.2) is 6.29 Å². The second-order valence-corrected chi connectivity index (χ2v) is 4.89.